The van der Waals surface area contributed by atoms with Crippen LogP contribution in [0.15, 0.2) is 70.4 Å². The fraction of sp³-hybridized carbons (Fsp3) is 0.308. The highest BCUT2D eigenvalue weighted by Gasteiger charge is 2.51. The molecular weight excluding hydrogens is 450 g/mol. The van der Waals surface area contributed by atoms with Gasteiger partial charge in [-0.15, -0.1) is 0 Å². The molecule has 4 nitrogen and oxygen atoms in total. The summed E-state index contributed by atoms with van der Waals surface area (Å²) in [5, 5.41) is 25.5. The highest BCUT2D eigenvalue weighted by molar-refractivity contribution is 9.10. The summed E-state index contributed by atoms with van der Waals surface area (Å²) in [6.45, 7) is 4.31. The van der Waals surface area contributed by atoms with Crippen molar-refractivity contribution in [3.05, 3.63) is 81.7 Å². The largest absolute Gasteiger partial charge is 0.511 e. The van der Waals surface area contributed by atoms with Gasteiger partial charge in [0.05, 0.1) is 28.7 Å². The standard InChI is InChI=1S/C26H24BrN3O/c1-16-22-13-12-21-23(17-6-4-3-5-7-17)29-30(20-10-8-19(27)9-11-20)25(21)26(22,2)14-18(15-28)24(16)31/h3-11,16,22,31H,12-14H2,1-2H3/t16-,22-,26-/m1/s1. The molecule has 5 rings (SSSR count). The molecule has 2 aliphatic rings. The number of nitriles is 1. The third kappa shape index (κ3) is 3.04. The summed E-state index contributed by atoms with van der Waals surface area (Å²) >= 11 is 3.53. The third-order valence-electron chi connectivity index (χ3n) is 7.19. The van der Waals surface area contributed by atoms with Crippen LogP contribution in [0.3, 0.4) is 0 Å². The van der Waals surface area contributed by atoms with Gasteiger partial charge < -0.3 is 5.11 Å². The van der Waals surface area contributed by atoms with Crippen LogP contribution in [0, 0.1) is 23.2 Å². The SMILES string of the molecule is C[C@H]1C(O)=C(C#N)C[C@@]2(C)c3c(c(-c4ccccc4)nn3-c3ccc(Br)cc3)CC[C@H]12. The Hall–Kier alpha value is -2.84. The minimum Gasteiger partial charge on any atom is -0.511 e. The topological polar surface area (TPSA) is 61.8 Å². The number of hydrogen-bond donors (Lipinski definition) is 1. The summed E-state index contributed by atoms with van der Waals surface area (Å²) in [5.74, 6) is 0.480. The van der Waals surface area contributed by atoms with Crippen molar-refractivity contribution in [2.75, 3.05) is 0 Å². The van der Waals surface area contributed by atoms with Gasteiger partial charge in [0.25, 0.3) is 0 Å². The number of benzene rings is 2. The molecule has 0 spiro atoms. The molecule has 3 atom stereocenters. The van der Waals surface area contributed by atoms with Gasteiger partial charge in [0.1, 0.15) is 5.76 Å². The predicted molar refractivity (Wildman–Crippen MR) is 125 cm³/mol. The third-order valence-corrected chi connectivity index (χ3v) is 7.72. The first-order valence-electron chi connectivity index (χ1n) is 10.7. The zero-order valence-corrected chi connectivity index (χ0v) is 19.2. The zero-order valence-electron chi connectivity index (χ0n) is 17.6. The monoisotopic (exact) mass is 473 g/mol. The molecule has 0 fully saturated rings. The molecule has 0 radical (unpaired) electrons. The Morgan fingerprint density at radius 1 is 1.16 bits per heavy atom. The van der Waals surface area contributed by atoms with E-state index in [4.69, 9.17) is 5.10 Å². The van der Waals surface area contributed by atoms with Crippen molar-refractivity contribution in [3.8, 4) is 23.0 Å². The van der Waals surface area contributed by atoms with Crippen LogP contribution in [-0.2, 0) is 11.8 Å². The normalized spacial score (nSPS) is 25.0. The van der Waals surface area contributed by atoms with Crippen LogP contribution in [0.25, 0.3) is 16.9 Å². The number of nitrogens with zero attached hydrogens (tertiary/aromatic N) is 3. The molecule has 0 saturated heterocycles. The van der Waals surface area contributed by atoms with Crippen molar-refractivity contribution in [1.29, 1.82) is 5.26 Å². The van der Waals surface area contributed by atoms with Crippen molar-refractivity contribution < 1.29 is 5.11 Å². The minimum atomic E-state index is -0.280. The molecule has 0 aliphatic heterocycles. The van der Waals surface area contributed by atoms with E-state index in [0.29, 0.717) is 12.0 Å². The Labute approximate surface area is 191 Å². The quantitative estimate of drug-likeness (QED) is 0.461. The molecule has 0 bridgehead atoms. The minimum absolute atomic E-state index is 0.0463. The maximum atomic E-state index is 10.7. The van der Waals surface area contributed by atoms with Crippen molar-refractivity contribution in [2.45, 2.75) is 38.5 Å². The lowest BCUT2D eigenvalue weighted by Gasteiger charge is -2.47. The maximum absolute atomic E-state index is 10.7. The van der Waals surface area contributed by atoms with Gasteiger partial charge in [-0.05, 0) is 49.4 Å². The number of hydrogen-bond acceptors (Lipinski definition) is 3. The second kappa shape index (κ2) is 7.39. The van der Waals surface area contributed by atoms with Crippen LogP contribution >= 0.6 is 15.9 Å². The first-order valence-corrected chi connectivity index (χ1v) is 11.5. The molecular formula is C26H24BrN3O. The molecule has 0 unspecified atom stereocenters. The van der Waals surface area contributed by atoms with Gasteiger partial charge in [0, 0.05) is 26.9 Å². The number of allylic oxidation sites excluding steroid dienone is 2. The van der Waals surface area contributed by atoms with Gasteiger partial charge in [0.15, 0.2) is 0 Å². The molecule has 156 valence electrons. The lowest BCUT2D eigenvalue weighted by Crippen LogP contribution is -2.45. The number of halogens is 1. The van der Waals surface area contributed by atoms with E-state index in [1.165, 1.54) is 11.3 Å². The Kier molecular flexibility index (Phi) is 4.79. The van der Waals surface area contributed by atoms with Crippen molar-refractivity contribution >= 4 is 15.9 Å². The van der Waals surface area contributed by atoms with E-state index in [2.05, 4.69) is 64.8 Å². The van der Waals surface area contributed by atoms with Crippen LogP contribution in [0.2, 0.25) is 0 Å². The molecule has 1 aromatic heterocycles. The molecule has 0 saturated carbocycles. The summed E-state index contributed by atoms with van der Waals surface area (Å²) in [7, 11) is 0. The number of rotatable bonds is 2. The summed E-state index contributed by atoms with van der Waals surface area (Å²) in [6.07, 6.45) is 2.42. The van der Waals surface area contributed by atoms with E-state index in [0.717, 1.165) is 34.3 Å². The van der Waals surface area contributed by atoms with Crippen LogP contribution in [0.4, 0.5) is 0 Å². The summed E-state index contributed by atoms with van der Waals surface area (Å²) in [5.41, 5.74) is 5.80. The summed E-state index contributed by atoms with van der Waals surface area (Å²) in [6, 6.07) is 20.8. The molecule has 2 aliphatic carbocycles. The van der Waals surface area contributed by atoms with Gasteiger partial charge in [-0.3, -0.25) is 0 Å². The van der Waals surface area contributed by atoms with Gasteiger partial charge in [-0.2, -0.15) is 10.4 Å². The molecule has 0 amide bonds. The average molecular weight is 474 g/mol. The summed E-state index contributed by atoms with van der Waals surface area (Å²) < 4.78 is 3.11. The van der Waals surface area contributed by atoms with Crippen LogP contribution in [0.1, 0.15) is 37.9 Å². The summed E-state index contributed by atoms with van der Waals surface area (Å²) in [4.78, 5) is 0. The second-order valence-corrected chi connectivity index (χ2v) is 9.85. The number of aliphatic hydroxyl groups excluding tert-OH is 1. The molecule has 3 aromatic rings. The van der Waals surface area contributed by atoms with Crippen LogP contribution < -0.4 is 0 Å². The van der Waals surface area contributed by atoms with Gasteiger partial charge >= 0.3 is 0 Å². The molecule has 5 heteroatoms. The van der Waals surface area contributed by atoms with Crippen molar-refractivity contribution in [2.24, 2.45) is 11.8 Å². The number of aromatic nitrogens is 2. The first-order chi connectivity index (χ1) is 14.9. The highest BCUT2D eigenvalue weighted by Crippen LogP contribution is 2.55. The smallest absolute Gasteiger partial charge is 0.109 e. The van der Waals surface area contributed by atoms with Crippen LogP contribution in [0.5, 0.6) is 0 Å². The second-order valence-electron chi connectivity index (χ2n) is 8.93. The van der Waals surface area contributed by atoms with E-state index in [1.807, 2.05) is 30.3 Å². The van der Waals surface area contributed by atoms with E-state index < -0.39 is 0 Å². The lowest BCUT2D eigenvalue weighted by molar-refractivity contribution is 0.134. The van der Waals surface area contributed by atoms with E-state index in [1.54, 1.807) is 0 Å². The van der Waals surface area contributed by atoms with E-state index >= 15 is 0 Å². The number of aliphatic hydroxyl groups is 1. The maximum Gasteiger partial charge on any atom is 0.109 e. The van der Waals surface area contributed by atoms with Gasteiger partial charge in [-0.1, -0.05) is 60.1 Å². The van der Waals surface area contributed by atoms with Crippen LogP contribution in [-0.4, -0.2) is 14.9 Å². The molecule has 31 heavy (non-hydrogen) atoms. The Balaban J connectivity index is 1.78. The lowest BCUT2D eigenvalue weighted by atomic mass is 9.56. The Bertz CT molecular complexity index is 1220. The van der Waals surface area contributed by atoms with Gasteiger partial charge in [-0.25, -0.2) is 4.68 Å². The molecule has 2 aromatic carbocycles. The highest BCUT2D eigenvalue weighted by atomic mass is 79.9. The average Bonchev–Trinajstić information content (AvgIpc) is 3.18. The molecule has 1 N–H and O–H groups in total. The van der Waals surface area contributed by atoms with Gasteiger partial charge in [0.2, 0.25) is 0 Å². The zero-order chi connectivity index (χ0) is 21.8. The van der Waals surface area contributed by atoms with E-state index in [-0.39, 0.29) is 23.0 Å². The fourth-order valence-corrected chi connectivity index (χ4v) is 5.97. The Morgan fingerprint density at radius 2 is 1.87 bits per heavy atom. The molecule has 1 heterocycles. The van der Waals surface area contributed by atoms with Crippen molar-refractivity contribution in [1.82, 2.24) is 9.78 Å². The van der Waals surface area contributed by atoms with E-state index in [9.17, 15) is 10.4 Å². The number of fused-ring (bicyclic) bond motifs is 3. The fourth-order valence-electron chi connectivity index (χ4n) is 5.70. The predicted octanol–water partition coefficient (Wildman–Crippen LogP) is 6.50. The van der Waals surface area contributed by atoms with Crippen molar-refractivity contribution in [3.63, 3.8) is 0 Å². The first kappa shape index (κ1) is 20.1. The Morgan fingerprint density at radius 3 is 2.55 bits per heavy atom.